The lowest BCUT2D eigenvalue weighted by Gasteiger charge is -2.30. The average Bonchev–Trinajstić information content (AvgIpc) is 3.40. The molecule has 0 bridgehead atoms. The number of nitrogens with one attached hydrogen (secondary N) is 2. The summed E-state index contributed by atoms with van der Waals surface area (Å²) in [5.74, 6) is -0.622. The van der Waals surface area contributed by atoms with Gasteiger partial charge in [-0.3, -0.25) is 14.4 Å². The molecule has 2 N–H and O–H groups in total. The number of aryl methyl sites for hydroxylation is 1. The number of hydrogen-bond donors (Lipinski definition) is 2. The quantitative estimate of drug-likeness (QED) is 0.811. The molecule has 1 aliphatic heterocycles. The second-order valence-electron chi connectivity index (χ2n) is 6.93. The zero-order valence-corrected chi connectivity index (χ0v) is 14.9. The molecule has 0 spiro atoms. The summed E-state index contributed by atoms with van der Waals surface area (Å²) in [6.07, 6.45) is 5.26. The Kier molecular flexibility index (Phi) is 4.66. The Morgan fingerprint density at radius 3 is 2.74 bits per heavy atom. The molecule has 1 saturated carbocycles. The highest BCUT2D eigenvalue weighted by Crippen LogP contribution is 2.36. The molecule has 0 radical (unpaired) electrons. The van der Waals surface area contributed by atoms with E-state index in [1.807, 2.05) is 11.0 Å². The van der Waals surface area contributed by atoms with Gasteiger partial charge in [0.05, 0.1) is 12.8 Å². The molecule has 1 fully saturated rings. The van der Waals surface area contributed by atoms with Crippen LogP contribution in [0.3, 0.4) is 0 Å². The van der Waals surface area contributed by atoms with Crippen LogP contribution in [-0.4, -0.2) is 24.3 Å². The summed E-state index contributed by atoms with van der Waals surface area (Å²) in [4.78, 5) is 38.5. The highest BCUT2D eigenvalue weighted by Gasteiger charge is 2.35. The van der Waals surface area contributed by atoms with Gasteiger partial charge >= 0.3 is 11.8 Å². The largest absolute Gasteiger partial charge is 0.467 e. The van der Waals surface area contributed by atoms with Crippen LogP contribution in [0.4, 0.5) is 11.4 Å². The van der Waals surface area contributed by atoms with Crippen molar-refractivity contribution in [2.24, 2.45) is 5.92 Å². The minimum atomic E-state index is -0.752. The molecule has 2 aromatic rings. The standard InChI is InChI=1S/C20H21N3O4/c24-18(21-12-16-4-2-10-27-16)19(25)22-15-8-7-13-3-1-9-23(17(13)11-15)20(26)14-5-6-14/h2,4,7-8,10-11,14H,1,3,5-6,9,12H2,(H,21,24)(H,22,25). The van der Waals surface area contributed by atoms with Crippen LogP contribution in [0, 0.1) is 5.92 Å². The fourth-order valence-corrected chi connectivity index (χ4v) is 3.28. The fourth-order valence-electron chi connectivity index (χ4n) is 3.28. The number of fused-ring (bicyclic) bond motifs is 1. The van der Waals surface area contributed by atoms with Crippen LogP contribution < -0.4 is 15.5 Å². The van der Waals surface area contributed by atoms with Gasteiger partial charge in [-0.15, -0.1) is 0 Å². The Labute approximate surface area is 156 Å². The maximum atomic E-state index is 12.5. The van der Waals surface area contributed by atoms with Gasteiger partial charge in [0.25, 0.3) is 0 Å². The van der Waals surface area contributed by atoms with Gasteiger partial charge in [0.2, 0.25) is 5.91 Å². The van der Waals surface area contributed by atoms with E-state index in [1.54, 1.807) is 24.3 Å². The van der Waals surface area contributed by atoms with E-state index in [-0.39, 0.29) is 18.4 Å². The summed E-state index contributed by atoms with van der Waals surface area (Å²) in [5, 5.41) is 5.12. The SMILES string of the molecule is O=C(NCc1ccco1)C(=O)Nc1ccc2c(c1)N(C(=O)C1CC1)CCC2. The number of benzene rings is 1. The van der Waals surface area contributed by atoms with E-state index in [0.29, 0.717) is 18.0 Å². The van der Waals surface area contributed by atoms with Crippen molar-refractivity contribution in [3.63, 3.8) is 0 Å². The molecular weight excluding hydrogens is 346 g/mol. The van der Waals surface area contributed by atoms with Crippen molar-refractivity contribution in [3.8, 4) is 0 Å². The van der Waals surface area contributed by atoms with Gasteiger partial charge in [-0.2, -0.15) is 0 Å². The molecule has 0 unspecified atom stereocenters. The molecular formula is C20H21N3O4. The predicted molar refractivity (Wildman–Crippen MR) is 99.0 cm³/mol. The molecule has 1 aromatic heterocycles. The lowest BCUT2D eigenvalue weighted by molar-refractivity contribution is -0.136. The number of amides is 3. The molecule has 2 aliphatic rings. The zero-order valence-electron chi connectivity index (χ0n) is 14.9. The van der Waals surface area contributed by atoms with E-state index in [0.717, 1.165) is 36.9 Å². The summed E-state index contributed by atoms with van der Waals surface area (Å²) in [7, 11) is 0. The predicted octanol–water partition coefficient (Wildman–Crippen LogP) is 2.22. The highest BCUT2D eigenvalue weighted by atomic mass is 16.3. The molecule has 3 amide bonds. The maximum absolute atomic E-state index is 12.5. The zero-order chi connectivity index (χ0) is 18.8. The van der Waals surface area contributed by atoms with Crippen LogP contribution in [0.5, 0.6) is 0 Å². The van der Waals surface area contributed by atoms with Crippen molar-refractivity contribution >= 4 is 29.1 Å². The van der Waals surface area contributed by atoms with E-state index in [2.05, 4.69) is 10.6 Å². The summed E-state index contributed by atoms with van der Waals surface area (Å²) >= 11 is 0. The molecule has 140 valence electrons. The Balaban J connectivity index is 1.43. The topological polar surface area (TPSA) is 91.7 Å². The van der Waals surface area contributed by atoms with Gasteiger partial charge in [-0.25, -0.2) is 0 Å². The summed E-state index contributed by atoms with van der Waals surface area (Å²) in [6, 6.07) is 8.89. The molecule has 7 nitrogen and oxygen atoms in total. The minimum absolute atomic E-state index is 0.140. The molecule has 0 atom stereocenters. The Morgan fingerprint density at radius 1 is 1.15 bits per heavy atom. The van der Waals surface area contributed by atoms with E-state index in [9.17, 15) is 14.4 Å². The van der Waals surface area contributed by atoms with Crippen LogP contribution in [-0.2, 0) is 27.3 Å². The number of hydrogen-bond acceptors (Lipinski definition) is 4. The monoisotopic (exact) mass is 367 g/mol. The van der Waals surface area contributed by atoms with Crippen molar-refractivity contribution in [1.82, 2.24) is 5.32 Å². The van der Waals surface area contributed by atoms with Crippen molar-refractivity contribution in [3.05, 3.63) is 47.9 Å². The van der Waals surface area contributed by atoms with E-state index in [4.69, 9.17) is 4.42 Å². The van der Waals surface area contributed by atoms with Crippen molar-refractivity contribution in [1.29, 1.82) is 0 Å². The Hall–Kier alpha value is -3.09. The number of rotatable bonds is 4. The van der Waals surface area contributed by atoms with Crippen LogP contribution in [0.2, 0.25) is 0 Å². The van der Waals surface area contributed by atoms with Gasteiger partial charge in [0.15, 0.2) is 0 Å². The van der Waals surface area contributed by atoms with Crippen LogP contribution in [0.15, 0.2) is 41.0 Å². The molecule has 1 aromatic carbocycles. The first-order valence-electron chi connectivity index (χ1n) is 9.17. The average molecular weight is 367 g/mol. The van der Waals surface area contributed by atoms with Gasteiger partial charge in [0.1, 0.15) is 5.76 Å². The van der Waals surface area contributed by atoms with E-state index >= 15 is 0 Å². The second-order valence-corrected chi connectivity index (χ2v) is 6.93. The lowest BCUT2D eigenvalue weighted by Crippen LogP contribution is -2.37. The smallest absolute Gasteiger partial charge is 0.313 e. The second kappa shape index (κ2) is 7.26. The third kappa shape index (κ3) is 3.86. The lowest BCUT2D eigenvalue weighted by atomic mass is 10.0. The number of furan rings is 1. The van der Waals surface area contributed by atoms with Crippen LogP contribution >= 0.6 is 0 Å². The first kappa shape index (κ1) is 17.3. The first-order chi connectivity index (χ1) is 13.1. The summed E-state index contributed by atoms with van der Waals surface area (Å²) in [5.41, 5.74) is 2.44. The van der Waals surface area contributed by atoms with Gasteiger partial charge in [-0.1, -0.05) is 6.07 Å². The third-order valence-electron chi connectivity index (χ3n) is 4.86. The normalized spacial score (nSPS) is 15.8. The minimum Gasteiger partial charge on any atom is -0.467 e. The Morgan fingerprint density at radius 2 is 2.00 bits per heavy atom. The molecule has 27 heavy (non-hydrogen) atoms. The molecule has 1 aliphatic carbocycles. The molecule has 0 saturated heterocycles. The summed E-state index contributed by atoms with van der Waals surface area (Å²) in [6.45, 7) is 0.844. The third-order valence-corrected chi connectivity index (χ3v) is 4.86. The van der Waals surface area contributed by atoms with Gasteiger partial charge in [-0.05, 0) is 55.5 Å². The maximum Gasteiger partial charge on any atom is 0.313 e. The highest BCUT2D eigenvalue weighted by molar-refractivity contribution is 6.39. The molecule has 4 rings (SSSR count). The van der Waals surface area contributed by atoms with Crippen LogP contribution in [0.1, 0.15) is 30.6 Å². The number of anilines is 2. The first-order valence-corrected chi connectivity index (χ1v) is 9.17. The number of carbonyl (C=O) groups excluding carboxylic acids is 3. The fraction of sp³-hybridized carbons (Fsp3) is 0.350. The van der Waals surface area contributed by atoms with Crippen molar-refractivity contribution in [2.45, 2.75) is 32.2 Å². The summed E-state index contributed by atoms with van der Waals surface area (Å²) < 4.78 is 5.12. The van der Waals surface area contributed by atoms with Crippen molar-refractivity contribution < 1.29 is 18.8 Å². The number of carbonyl (C=O) groups is 3. The molecule has 2 heterocycles. The van der Waals surface area contributed by atoms with E-state index < -0.39 is 11.8 Å². The van der Waals surface area contributed by atoms with Gasteiger partial charge in [0, 0.05) is 23.8 Å². The van der Waals surface area contributed by atoms with E-state index in [1.165, 1.54) is 6.26 Å². The van der Waals surface area contributed by atoms with Gasteiger partial charge < -0.3 is 20.0 Å². The van der Waals surface area contributed by atoms with Crippen LogP contribution in [0.25, 0.3) is 0 Å². The van der Waals surface area contributed by atoms with Crippen molar-refractivity contribution in [2.75, 3.05) is 16.8 Å². The molecule has 7 heteroatoms. The Bertz CT molecular complexity index is 871. The number of nitrogens with zero attached hydrogens (tertiary/aromatic N) is 1.